The van der Waals surface area contributed by atoms with Crippen molar-refractivity contribution in [3.05, 3.63) is 82.9 Å². The van der Waals surface area contributed by atoms with E-state index in [-0.39, 0.29) is 12.4 Å². The molecule has 2 heterocycles. The SMILES string of the molecule is COc1ccc(-n2c(C(=O)NCC(=O)Nc3nc4ccc(OC)cc4s3)nc3ccccc3c2=O)cc1. The number of aromatic nitrogens is 3. The molecule has 186 valence electrons. The Morgan fingerprint density at radius 3 is 2.41 bits per heavy atom. The Morgan fingerprint density at radius 2 is 1.65 bits per heavy atom. The molecule has 5 aromatic rings. The third-order valence-corrected chi connectivity index (χ3v) is 6.49. The Bertz CT molecular complexity index is 1690. The van der Waals surface area contributed by atoms with E-state index in [0.717, 1.165) is 4.70 Å². The van der Waals surface area contributed by atoms with E-state index in [2.05, 4.69) is 20.6 Å². The molecule has 2 N–H and O–H groups in total. The van der Waals surface area contributed by atoms with Gasteiger partial charge in [0.2, 0.25) is 11.7 Å². The van der Waals surface area contributed by atoms with Crippen molar-refractivity contribution in [3.8, 4) is 17.2 Å². The highest BCUT2D eigenvalue weighted by atomic mass is 32.1. The number of nitrogens with one attached hydrogen (secondary N) is 2. The predicted molar refractivity (Wildman–Crippen MR) is 141 cm³/mol. The fourth-order valence-electron chi connectivity index (χ4n) is 3.74. The van der Waals surface area contributed by atoms with Crippen molar-refractivity contribution in [1.82, 2.24) is 19.9 Å². The minimum atomic E-state index is -0.678. The number of para-hydroxylation sites is 1. The standard InChI is InChI=1S/C26H21N5O5S/c1-35-16-9-7-15(8-10-16)31-23(28-19-6-4-3-5-18(19)25(31)34)24(33)27-14-22(32)30-26-29-20-12-11-17(36-2)13-21(20)37-26/h3-13H,14H2,1-2H3,(H,27,33)(H,29,30,32). The fourth-order valence-corrected chi connectivity index (χ4v) is 4.65. The van der Waals surface area contributed by atoms with Crippen molar-refractivity contribution < 1.29 is 19.1 Å². The lowest BCUT2D eigenvalue weighted by Gasteiger charge is -2.14. The molecular formula is C26H21N5O5S. The summed E-state index contributed by atoms with van der Waals surface area (Å²) in [4.78, 5) is 47.9. The molecule has 0 aliphatic carbocycles. The van der Waals surface area contributed by atoms with Crippen LogP contribution in [-0.2, 0) is 4.79 Å². The molecule has 0 fully saturated rings. The second-order valence-corrected chi connectivity index (χ2v) is 8.91. The molecule has 0 saturated heterocycles. The fraction of sp³-hybridized carbons (Fsp3) is 0.115. The Hall–Kier alpha value is -4.77. The van der Waals surface area contributed by atoms with Crippen molar-refractivity contribution >= 4 is 49.4 Å². The van der Waals surface area contributed by atoms with Crippen LogP contribution in [0.4, 0.5) is 5.13 Å². The number of benzene rings is 3. The van der Waals surface area contributed by atoms with Crippen molar-refractivity contribution in [3.63, 3.8) is 0 Å². The number of fused-ring (bicyclic) bond motifs is 2. The average molecular weight is 516 g/mol. The number of anilines is 1. The van der Waals surface area contributed by atoms with Gasteiger partial charge >= 0.3 is 0 Å². The molecule has 0 spiro atoms. The van der Waals surface area contributed by atoms with E-state index in [0.29, 0.717) is 38.7 Å². The van der Waals surface area contributed by atoms with Gasteiger partial charge in [0.1, 0.15) is 11.5 Å². The van der Waals surface area contributed by atoms with Crippen LogP contribution in [0.1, 0.15) is 10.6 Å². The number of hydrogen-bond donors (Lipinski definition) is 2. The van der Waals surface area contributed by atoms with Crippen LogP contribution in [0, 0.1) is 0 Å². The number of ether oxygens (including phenoxy) is 2. The lowest BCUT2D eigenvalue weighted by Crippen LogP contribution is -2.37. The quantitative estimate of drug-likeness (QED) is 0.340. The summed E-state index contributed by atoms with van der Waals surface area (Å²) in [6, 6.07) is 18.8. The molecule has 0 bridgehead atoms. The minimum absolute atomic E-state index is 0.145. The molecule has 0 atom stereocenters. The molecule has 0 aliphatic rings. The van der Waals surface area contributed by atoms with Crippen molar-refractivity contribution in [1.29, 1.82) is 0 Å². The summed E-state index contributed by atoms with van der Waals surface area (Å²) in [5.74, 6) is -0.0105. The van der Waals surface area contributed by atoms with Crippen LogP contribution in [-0.4, -0.2) is 47.1 Å². The van der Waals surface area contributed by atoms with Gasteiger partial charge in [0, 0.05) is 0 Å². The summed E-state index contributed by atoms with van der Waals surface area (Å²) >= 11 is 1.29. The van der Waals surface area contributed by atoms with E-state index in [1.165, 1.54) is 23.0 Å². The van der Waals surface area contributed by atoms with Gasteiger partial charge in [0.25, 0.3) is 11.5 Å². The minimum Gasteiger partial charge on any atom is -0.497 e. The first-order valence-corrected chi connectivity index (χ1v) is 12.0. The Labute approximate surface area is 214 Å². The van der Waals surface area contributed by atoms with Crippen molar-refractivity contribution in [2.45, 2.75) is 0 Å². The predicted octanol–water partition coefficient (Wildman–Crippen LogP) is 3.38. The molecule has 0 radical (unpaired) electrons. The van der Waals surface area contributed by atoms with Crippen LogP contribution in [0.3, 0.4) is 0 Å². The molecule has 0 aliphatic heterocycles. The van der Waals surface area contributed by atoms with E-state index in [4.69, 9.17) is 9.47 Å². The monoisotopic (exact) mass is 515 g/mol. The second-order valence-electron chi connectivity index (χ2n) is 7.87. The van der Waals surface area contributed by atoms with E-state index in [1.807, 2.05) is 6.07 Å². The van der Waals surface area contributed by atoms with Crippen LogP contribution >= 0.6 is 11.3 Å². The molecule has 2 aromatic heterocycles. The highest BCUT2D eigenvalue weighted by Crippen LogP contribution is 2.29. The number of carbonyl (C=O) groups is 2. The number of amides is 2. The lowest BCUT2D eigenvalue weighted by atomic mass is 10.2. The molecule has 11 heteroatoms. The van der Waals surface area contributed by atoms with E-state index < -0.39 is 17.4 Å². The van der Waals surface area contributed by atoms with E-state index in [1.54, 1.807) is 67.8 Å². The van der Waals surface area contributed by atoms with Crippen LogP contribution in [0.15, 0.2) is 71.5 Å². The van der Waals surface area contributed by atoms with Crippen molar-refractivity contribution in [2.75, 3.05) is 26.1 Å². The van der Waals surface area contributed by atoms with Gasteiger partial charge in [-0.05, 0) is 54.6 Å². The molecular weight excluding hydrogens is 494 g/mol. The maximum Gasteiger partial charge on any atom is 0.288 e. The van der Waals surface area contributed by atoms with Crippen LogP contribution in [0.25, 0.3) is 26.8 Å². The summed E-state index contributed by atoms with van der Waals surface area (Å²) in [6.45, 7) is -0.344. The van der Waals surface area contributed by atoms with Gasteiger partial charge < -0.3 is 20.1 Å². The molecule has 10 nitrogen and oxygen atoms in total. The largest absolute Gasteiger partial charge is 0.497 e. The van der Waals surface area contributed by atoms with Gasteiger partial charge in [-0.25, -0.2) is 9.97 Å². The van der Waals surface area contributed by atoms with Gasteiger partial charge in [0.15, 0.2) is 5.13 Å². The normalized spacial score (nSPS) is 10.9. The molecule has 0 unspecified atom stereocenters. The van der Waals surface area contributed by atoms with Crippen LogP contribution in [0.2, 0.25) is 0 Å². The smallest absolute Gasteiger partial charge is 0.288 e. The average Bonchev–Trinajstić information content (AvgIpc) is 3.33. The second kappa shape index (κ2) is 10.1. The zero-order valence-electron chi connectivity index (χ0n) is 19.8. The van der Waals surface area contributed by atoms with Crippen molar-refractivity contribution in [2.24, 2.45) is 0 Å². The zero-order chi connectivity index (χ0) is 25.9. The third-order valence-electron chi connectivity index (χ3n) is 5.56. The van der Waals surface area contributed by atoms with Crippen LogP contribution < -0.4 is 25.7 Å². The number of methoxy groups -OCH3 is 2. The first-order valence-electron chi connectivity index (χ1n) is 11.2. The Morgan fingerprint density at radius 1 is 0.919 bits per heavy atom. The van der Waals surface area contributed by atoms with E-state index in [9.17, 15) is 14.4 Å². The molecule has 3 aromatic carbocycles. The zero-order valence-corrected chi connectivity index (χ0v) is 20.7. The first-order chi connectivity index (χ1) is 18.0. The Kier molecular flexibility index (Phi) is 6.52. The van der Waals surface area contributed by atoms with Gasteiger partial charge in [-0.1, -0.05) is 23.5 Å². The topological polar surface area (TPSA) is 124 Å². The molecule has 2 amide bonds. The van der Waals surface area contributed by atoms with Gasteiger partial charge in [0.05, 0.1) is 47.6 Å². The summed E-state index contributed by atoms with van der Waals surface area (Å²) in [5, 5.41) is 5.99. The van der Waals surface area contributed by atoms with Gasteiger partial charge in [-0.3, -0.25) is 19.0 Å². The lowest BCUT2D eigenvalue weighted by molar-refractivity contribution is -0.115. The maximum absolute atomic E-state index is 13.3. The maximum atomic E-state index is 13.3. The Balaban J connectivity index is 1.39. The number of nitrogens with zero attached hydrogens (tertiary/aromatic N) is 3. The third kappa shape index (κ3) is 4.84. The number of thiazole rings is 1. The summed E-state index contributed by atoms with van der Waals surface area (Å²) in [6.07, 6.45) is 0. The first kappa shape index (κ1) is 23.9. The van der Waals surface area contributed by atoms with Gasteiger partial charge in [-0.2, -0.15) is 0 Å². The number of hydrogen-bond acceptors (Lipinski definition) is 8. The van der Waals surface area contributed by atoms with E-state index >= 15 is 0 Å². The number of rotatable bonds is 7. The highest BCUT2D eigenvalue weighted by Gasteiger charge is 2.20. The summed E-state index contributed by atoms with van der Waals surface area (Å²) in [5.41, 5.74) is 1.12. The number of carbonyl (C=O) groups excluding carboxylic acids is 2. The molecule has 5 rings (SSSR count). The van der Waals surface area contributed by atoms with Gasteiger partial charge in [-0.15, -0.1) is 0 Å². The summed E-state index contributed by atoms with van der Waals surface area (Å²) < 4.78 is 12.5. The van der Waals surface area contributed by atoms with Crippen LogP contribution in [0.5, 0.6) is 11.5 Å². The summed E-state index contributed by atoms with van der Waals surface area (Å²) in [7, 11) is 3.11. The molecule has 0 saturated carbocycles. The molecule has 37 heavy (non-hydrogen) atoms. The highest BCUT2D eigenvalue weighted by molar-refractivity contribution is 7.22.